The normalized spacial score (nSPS) is 26.0. The van der Waals surface area contributed by atoms with Gasteiger partial charge in [-0.2, -0.15) is 0 Å². The summed E-state index contributed by atoms with van der Waals surface area (Å²) >= 11 is 0. The van der Waals surface area contributed by atoms with Crippen LogP contribution < -0.4 is 5.32 Å². The molecule has 0 aliphatic carbocycles. The van der Waals surface area contributed by atoms with Gasteiger partial charge in [0.05, 0.1) is 34.2 Å². The Hall–Kier alpha value is -3.35. The lowest BCUT2D eigenvalue weighted by molar-refractivity contribution is -0.122. The molecule has 32 heavy (non-hydrogen) atoms. The number of amides is 1. The van der Waals surface area contributed by atoms with E-state index in [0.717, 1.165) is 61.2 Å². The van der Waals surface area contributed by atoms with Gasteiger partial charge in [0.1, 0.15) is 12.0 Å². The number of hydrogen-bond donors (Lipinski definition) is 2. The van der Waals surface area contributed by atoms with Crippen LogP contribution in [0.15, 0.2) is 48.5 Å². The van der Waals surface area contributed by atoms with Gasteiger partial charge in [-0.15, -0.1) is 0 Å². The molecule has 5 heterocycles. The number of para-hydroxylation sites is 2. The molecule has 2 aromatic heterocycles. The molecule has 2 bridgehead atoms. The Balaban J connectivity index is 1.78. The van der Waals surface area contributed by atoms with Crippen molar-refractivity contribution >= 4 is 49.5 Å². The Kier molecular flexibility index (Phi) is 2.88. The fraction of sp³-hybridized carbons (Fsp3) is 0.269. The summed E-state index contributed by atoms with van der Waals surface area (Å²) in [5.41, 5.74) is 5.51. The monoisotopic (exact) mass is 423 g/mol. The van der Waals surface area contributed by atoms with E-state index < -0.39 is 5.72 Å². The van der Waals surface area contributed by atoms with Gasteiger partial charge in [-0.25, -0.2) is 0 Å². The second kappa shape index (κ2) is 5.34. The topological polar surface area (TPSA) is 68.4 Å². The maximum absolute atomic E-state index is 13.2. The lowest BCUT2D eigenvalue weighted by Gasteiger charge is -2.32. The largest absolute Gasteiger partial charge is 0.396 e. The van der Waals surface area contributed by atoms with E-state index in [-0.39, 0.29) is 24.7 Å². The van der Waals surface area contributed by atoms with Gasteiger partial charge in [0.15, 0.2) is 0 Å². The number of aromatic nitrogens is 2. The molecule has 3 aliphatic rings. The third-order valence-corrected chi connectivity index (χ3v) is 8.09. The van der Waals surface area contributed by atoms with E-state index in [4.69, 9.17) is 4.74 Å². The number of ether oxygens (including phenoxy) is 1. The predicted molar refractivity (Wildman–Crippen MR) is 123 cm³/mol. The Morgan fingerprint density at radius 2 is 1.78 bits per heavy atom. The highest BCUT2D eigenvalue weighted by Gasteiger charge is 2.51. The molecule has 1 fully saturated rings. The van der Waals surface area contributed by atoms with Crippen molar-refractivity contribution in [3.8, 4) is 0 Å². The second-order valence-electron chi connectivity index (χ2n) is 9.47. The van der Waals surface area contributed by atoms with Gasteiger partial charge in [-0.3, -0.25) is 4.79 Å². The number of rotatable bonds is 1. The molecule has 0 spiro atoms. The minimum Gasteiger partial charge on any atom is -0.396 e. The van der Waals surface area contributed by atoms with Crippen molar-refractivity contribution in [1.29, 1.82) is 0 Å². The van der Waals surface area contributed by atoms with Crippen LogP contribution in [0.3, 0.4) is 0 Å². The Morgan fingerprint density at radius 1 is 1.06 bits per heavy atom. The molecular formula is C26H21N3O3. The van der Waals surface area contributed by atoms with Crippen LogP contribution in [0.1, 0.15) is 35.5 Å². The van der Waals surface area contributed by atoms with E-state index in [1.807, 2.05) is 12.1 Å². The highest BCUT2D eigenvalue weighted by Crippen LogP contribution is 2.55. The van der Waals surface area contributed by atoms with Crippen molar-refractivity contribution < 1.29 is 14.6 Å². The number of nitrogens with zero attached hydrogens (tertiary/aromatic N) is 2. The van der Waals surface area contributed by atoms with Crippen molar-refractivity contribution in [2.75, 3.05) is 6.61 Å². The van der Waals surface area contributed by atoms with Gasteiger partial charge in [-0.05, 0) is 24.6 Å². The molecule has 5 aromatic rings. The van der Waals surface area contributed by atoms with E-state index >= 15 is 0 Å². The minimum absolute atomic E-state index is 0.00333. The lowest BCUT2D eigenvalue weighted by Crippen LogP contribution is -2.37. The minimum atomic E-state index is -0.682. The Morgan fingerprint density at radius 3 is 2.56 bits per heavy atom. The molecule has 3 aliphatic heterocycles. The maximum atomic E-state index is 13.2. The van der Waals surface area contributed by atoms with Crippen molar-refractivity contribution in [2.45, 2.75) is 31.8 Å². The van der Waals surface area contributed by atoms with Gasteiger partial charge in [0.2, 0.25) is 0 Å². The number of fused-ring (bicyclic) bond motifs is 13. The van der Waals surface area contributed by atoms with E-state index in [1.165, 1.54) is 0 Å². The summed E-state index contributed by atoms with van der Waals surface area (Å²) in [6.07, 6.45) is 0.515. The first-order chi connectivity index (χ1) is 15.6. The lowest BCUT2D eigenvalue weighted by atomic mass is 9.94. The maximum Gasteiger partial charge on any atom is 0.252 e. The van der Waals surface area contributed by atoms with E-state index in [9.17, 15) is 9.90 Å². The van der Waals surface area contributed by atoms with Crippen LogP contribution in [0.4, 0.5) is 0 Å². The Labute approximate surface area is 183 Å². The van der Waals surface area contributed by atoms with Crippen LogP contribution in [0.5, 0.6) is 0 Å². The molecule has 1 saturated heterocycles. The zero-order valence-electron chi connectivity index (χ0n) is 17.6. The third kappa shape index (κ3) is 1.66. The van der Waals surface area contributed by atoms with Crippen LogP contribution in [0, 0.1) is 5.92 Å². The standard InChI is InChI=1S/C26H21N3O3/c1-26-13(12-30)10-19(32-26)28-17-8-4-2-6-14(17)21-22-16(11-27-25(22)31)20-15-7-3-5-9-18(15)29(26)24(20)23(21)28/h2-9,13,19,30H,10-12H2,1H3,(H,27,31)/t13-,19+,26+/m1/s1. The molecule has 158 valence electrons. The number of benzene rings is 3. The summed E-state index contributed by atoms with van der Waals surface area (Å²) in [4.78, 5) is 13.2. The summed E-state index contributed by atoms with van der Waals surface area (Å²) in [5.74, 6) is -0.0414. The number of aliphatic hydroxyl groups excluding tert-OH is 1. The first-order valence-electron chi connectivity index (χ1n) is 11.2. The molecule has 0 radical (unpaired) electrons. The highest BCUT2D eigenvalue weighted by atomic mass is 16.5. The fourth-order valence-corrected chi connectivity index (χ4v) is 6.76. The van der Waals surface area contributed by atoms with Crippen LogP contribution in [0.25, 0.3) is 43.6 Å². The first kappa shape index (κ1) is 17.2. The number of aliphatic hydroxyl groups is 1. The molecule has 0 saturated carbocycles. The van der Waals surface area contributed by atoms with Crippen molar-refractivity contribution in [3.05, 3.63) is 59.7 Å². The van der Waals surface area contributed by atoms with Gasteiger partial charge in [-0.1, -0.05) is 36.4 Å². The van der Waals surface area contributed by atoms with E-state index in [0.29, 0.717) is 6.54 Å². The van der Waals surface area contributed by atoms with Crippen LogP contribution >= 0.6 is 0 Å². The number of hydrogen-bond acceptors (Lipinski definition) is 3. The zero-order valence-corrected chi connectivity index (χ0v) is 17.6. The van der Waals surface area contributed by atoms with Crippen LogP contribution in [0.2, 0.25) is 0 Å². The zero-order chi connectivity index (χ0) is 21.4. The fourth-order valence-electron chi connectivity index (χ4n) is 6.76. The van der Waals surface area contributed by atoms with Crippen LogP contribution in [-0.2, 0) is 17.0 Å². The van der Waals surface area contributed by atoms with Gasteiger partial charge < -0.3 is 24.3 Å². The number of nitrogens with one attached hydrogen (secondary N) is 1. The van der Waals surface area contributed by atoms with Gasteiger partial charge in [0, 0.05) is 40.4 Å². The van der Waals surface area contributed by atoms with Gasteiger partial charge >= 0.3 is 0 Å². The molecule has 0 unspecified atom stereocenters. The molecule has 2 N–H and O–H groups in total. The molecular weight excluding hydrogens is 402 g/mol. The van der Waals surface area contributed by atoms with Crippen molar-refractivity contribution in [3.63, 3.8) is 0 Å². The Bertz CT molecular complexity index is 1680. The smallest absolute Gasteiger partial charge is 0.252 e. The number of carbonyl (C=O) groups excluding carboxylic acids is 1. The molecule has 3 aromatic carbocycles. The quantitative estimate of drug-likeness (QED) is 0.421. The van der Waals surface area contributed by atoms with Crippen molar-refractivity contribution in [1.82, 2.24) is 14.5 Å². The second-order valence-corrected chi connectivity index (χ2v) is 9.47. The highest BCUT2D eigenvalue weighted by molar-refractivity contribution is 6.31. The third-order valence-electron chi connectivity index (χ3n) is 8.09. The summed E-state index contributed by atoms with van der Waals surface area (Å²) in [6, 6.07) is 16.7. The van der Waals surface area contributed by atoms with E-state index in [1.54, 1.807) is 0 Å². The average Bonchev–Trinajstić information content (AvgIpc) is 3.51. The summed E-state index contributed by atoms with van der Waals surface area (Å²) in [5, 5.41) is 17.8. The first-order valence-corrected chi connectivity index (χ1v) is 11.2. The SMILES string of the molecule is C[C@]12O[C@@H](C[C@@H]1CO)n1c3ccccc3c3c4c(c5c6ccccc6n2c5c31)CNC4=O. The number of carbonyl (C=O) groups is 1. The van der Waals surface area contributed by atoms with Gasteiger partial charge in [0.25, 0.3) is 5.91 Å². The molecule has 6 nitrogen and oxygen atoms in total. The summed E-state index contributed by atoms with van der Waals surface area (Å²) < 4.78 is 11.4. The average molecular weight is 423 g/mol. The molecule has 1 amide bonds. The van der Waals surface area contributed by atoms with E-state index in [2.05, 4.69) is 57.8 Å². The molecule has 8 rings (SSSR count). The van der Waals surface area contributed by atoms with Crippen LogP contribution in [-0.4, -0.2) is 26.8 Å². The molecule has 6 heteroatoms. The predicted octanol–water partition coefficient (Wildman–Crippen LogP) is 4.36. The molecule has 3 atom stereocenters. The summed E-state index contributed by atoms with van der Waals surface area (Å²) in [7, 11) is 0. The summed E-state index contributed by atoms with van der Waals surface area (Å²) in [6.45, 7) is 2.69. The van der Waals surface area contributed by atoms with Crippen molar-refractivity contribution in [2.24, 2.45) is 5.92 Å².